The van der Waals surface area contributed by atoms with Gasteiger partial charge in [-0.05, 0) is 29.0 Å². The number of benzene rings is 1. The van der Waals surface area contributed by atoms with E-state index in [0.717, 1.165) is 6.07 Å². The highest BCUT2D eigenvalue weighted by atomic mass is 127. The molecule has 0 aliphatic heterocycles. The fourth-order valence-electron chi connectivity index (χ4n) is 2.90. The number of halogens is 1. The Hall–Kier alpha value is -2.29. The van der Waals surface area contributed by atoms with Crippen molar-refractivity contribution in [2.45, 2.75) is 15.8 Å². The van der Waals surface area contributed by atoms with Crippen molar-refractivity contribution in [3.8, 4) is 22.5 Å². The molecule has 17 heteroatoms. The Morgan fingerprint density at radius 1 is 1.16 bits per heavy atom. The molecule has 1 aromatic carbocycles. The maximum Gasteiger partial charge on any atom is 0.242 e. The van der Waals surface area contributed by atoms with Gasteiger partial charge in [-0.1, -0.05) is 6.07 Å². The second-order valence-electron chi connectivity index (χ2n) is 6.46. The lowest BCUT2D eigenvalue weighted by molar-refractivity contribution is 0.545. The first-order valence-electron chi connectivity index (χ1n) is 8.80. The summed E-state index contributed by atoms with van der Waals surface area (Å²) in [5, 5.41) is 18.8. The first-order valence-corrected chi connectivity index (χ1v) is 12.9. The molecule has 1 unspecified atom stereocenters. The van der Waals surface area contributed by atoms with Crippen molar-refractivity contribution in [2.24, 2.45) is 10.9 Å². The second-order valence-corrected chi connectivity index (χ2v) is 10.4. The molecule has 0 saturated carbocycles. The van der Waals surface area contributed by atoms with E-state index >= 15 is 0 Å². The molecule has 0 spiro atoms. The Morgan fingerprint density at radius 2 is 1.91 bits per heavy atom. The highest BCUT2D eigenvalue weighted by Gasteiger charge is 2.33. The van der Waals surface area contributed by atoms with Crippen LogP contribution in [0, 0.1) is 0 Å². The molecule has 172 valence electrons. The van der Waals surface area contributed by atoms with E-state index in [4.69, 9.17) is 16.6 Å². The van der Waals surface area contributed by atoms with Crippen LogP contribution in [-0.2, 0) is 20.0 Å². The van der Waals surface area contributed by atoms with Crippen LogP contribution >= 0.6 is 22.9 Å². The largest absolute Gasteiger partial charge is 0.384 e. The predicted octanol–water partition coefficient (Wildman–Crippen LogP) is -1.30. The van der Waals surface area contributed by atoms with Crippen LogP contribution in [0.2, 0.25) is 0 Å². The molecule has 3 rings (SSSR count). The summed E-state index contributed by atoms with van der Waals surface area (Å²) in [6.45, 7) is 0.167. The first kappa shape index (κ1) is 24.4. The predicted molar refractivity (Wildman–Crippen MR) is 124 cm³/mol. The Labute approximate surface area is 197 Å². The zero-order valence-corrected chi connectivity index (χ0v) is 20.0. The minimum absolute atomic E-state index is 0.0349. The van der Waals surface area contributed by atoms with E-state index in [9.17, 15) is 16.8 Å². The number of nitrogen functional groups attached to an aromatic ring is 1. The molecular weight excluding hydrogens is 575 g/mol. The number of tetrazole rings is 1. The third-order valence-electron chi connectivity index (χ3n) is 4.29. The van der Waals surface area contributed by atoms with Crippen LogP contribution in [-0.4, -0.2) is 61.6 Å². The van der Waals surface area contributed by atoms with Crippen molar-refractivity contribution in [1.82, 2.24) is 33.9 Å². The lowest BCUT2D eigenvalue weighted by Gasteiger charge is -2.19. The molecule has 0 aliphatic carbocycles. The molecule has 0 radical (unpaired) electrons. The maximum absolute atomic E-state index is 13.1. The number of H-pyrrole nitrogens is 1. The minimum atomic E-state index is -4.60. The molecule has 0 bridgehead atoms. The number of anilines is 1. The Morgan fingerprint density at radius 3 is 2.44 bits per heavy atom. The molecular formula is C15H19IN10O4S2. The topological polar surface area (TPSA) is 238 Å². The van der Waals surface area contributed by atoms with Crippen molar-refractivity contribution in [3.63, 3.8) is 0 Å². The van der Waals surface area contributed by atoms with Crippen LogP contribution < -0.4 is 24.9 Å². The number of primary sulfonamides is 1. The fourth-order valence-corrected chi connectivity index (χ4v) is 6.28. The number of hydrogen-bond donors (Lipinski definition) is 6. The van der Waals surface area contributed by atoms with E-state index in [1.807, 2.05) is 22.9 Å². The number of nitrogens with zero attached hydrogens (tertiary/aromatic N) is 4. The van der Waals surface area contributed by atoms with E-state index in [2.05, 4.69) is 33.9 Å². The van der Waals surface area contributed by atoms with Crippen LogP contribution in [0.5, 0.6) is 0 Å². The minimum Gasteiger partial charge on any atom is -0.384 e. The zero-order chi connectivity index (χ0) is 23.5. The number of rotatable bonds is 9. The van der Waals surface area contributed by atoms with Gasteiger partial charge in [0.05, 0.1) is 5.56 Å². The van der Waals surface area contributed by atoms with Crippen LogP contribution in [0.1, 0.15) is 0 Å². The number of sulfonamides is 2. The summed E-state index contributed by atoms with van der Waals surface area (Å²) in [4.78, 5) is 2.71. The standard InChI is InChI=1S/C15H19IN10O4S2/c16-21-7-9(5-17)24-32(29,30)11-3-2-10(8-1-4-12(18)20-6-8)13(14(11)31(19,27)28)15-22-25-26-23-15/h1-4,6,9,21,24H,5,7,17H2,(H2,18,20)(H2,19,27,28)(H,22,23,25,26). The maximum atomic E-state index is 13.1. The average molecular weight is 594 g/mol. The van der Waals surface area contributed by atoms with Gasteiger partial charge in [0, 0.05) is 53.8 Å². The summed E-state index contributed by atoms with van der Waals surface area (Å²) in [6, 6.07) is 4.90. The molecule has 0 saturated heterocycles. The molecule has 2 aromatic heterocycles. The van der Waals surface area contributed by atoms with Gasteiger partial charge in [0.15, 0.2) is 0 Å². The summed E-state index contributed by atoms with van der Waals surface area (Å²) < 4.78 is 56.8. The summed E-state index contributed by atoms with van der Waals surface area (Å²) in [5.74, 6) is 0.0591. The molecule has 9 N–H and O–H groups in total. The average Bonchev–Trinajstić information content (AvgIpc) is 3.27. The Balaban J connectivity index is 2.34. The Kier molecular flexibility index (Phi) is 7.37. The van der Waals surface area contributed by atoms with Gasteiger partial charge in [0.1, 0.15) is 15.6 Å². The van der Waals surface area contributed by atoms with Gasteiger partial charge in [-0.2, -0.15) is 5.21 Å². The zero-order valence-electron chi connectivity index (χ0n) is 16.2. The van der Waals surface area contributed by atoms with Crippen molar-refractivity contribution in [2.75, 3.05) is 18.8 Å². The van der Waals surface area contributed by atoms with E-state index in [0.29, 0.717) is 5.56 Å². The summed E-state index contributed by atoms with van der Waals surface area (Å²) in [6.07, 6.45) is 1.39. The van der Waals surface area contributed by atoms with Gasteiger partial charge >= 0.3 is 0 Å². The van der Waals surface area contributed by atoms with Crippen LogP contribution in [0.3, 0.4) is 0 Å². The summed E-state index contributed by atoms with van der Waals surface area (Å²) >= 11 is 1.84. The van der Waals surface area contributed by atoms with Gasteiger partial charge < -0.3 is 11.5 Å². The van der Waals surface area contributed by atoms with Crippen LogP contribution in [0.4, 0.5) is 5.82 Å². The summed E-state index contributed by atoms with van der Waals surface area (Å²) in [5.41, 5.74) is 11.8. The molecule has 0 amide bonds. The van der Waals surface area contributed by atoms with E-state index in [-0.39, 0.29) is 35.9 Å². The number of pyridine rings is 1. The third-order valence-corrected chi connectivity index (χ3v) is 7.42. The molecule has 14 nitrogen and oxygen atoms in total. The van der Waals surface area contributed by atoms with E-state index < -0.39 is 35.9 Å². The number of hydrogen-bond acceptors (Lipinski definition) is 11. The first-order chi connectivity index (χ1) is 15.1. The van der Waals surface area contributed by atoms with E-state index in [1.54, 1.807) is 6.07 Å². The summed E-state index contributed by atoms with van der Waals surface area (Å²) in [7, 11) is -8.98. The van der Waals surface area contributed by atoms with Gasteiger partial charge in [-0.15, -0.1) is 10.2 Å². The van der Waals surface area contributed by atoms with Crippen LogP contribution in [0.15, 0.2) is 40.3 Å². The Bertz CT molecular complexity index is 1300. The van der Waals surface area contributed by atoms with Gasteiger partial charge in [0.25, 0.3) is 0 Å². The highest BCUT2D eigenvalue weighted by molar-refractivity contribution is 14.1. The monoisotopic (exact) mass is 594 g/mol. The SMILES string of the molecule is NCC(CNI)NS(=O)(=O)c1ccc(-c2ccc(N)nc2)c(-c2nn[nH]n2)c1S(N)(=O)=O. The lowest BCUT2D eigenvalue weighted by atomic mass is 10.0. The van der Waals surface area contributed by atoms with Gasteiger partial charge in [0.2, 0.25) is 25.9 Å². The molecule has 1 atom stereocenters. The van der Waals surface area contributed by atoms with E-state index in [1.165, 1.54) is 18.3 Å². The van der Waals surface area contributed by atoms with Crippen molar-refractivity contribution in [3.05, 3.63) is 30.5 Å². The molecule has 32 heavy (non-hydrogen) atoms. The molecule has 0 aliphatic rings. The molecule has 2 heterocycles. The van der Waals surface area contributed by atoms with Crippen molar-refractivity contribution < 1.29 is 16.8 Å². The van der Waals surface area contributed by atoms with Gasteiger partial charge in [-0.3, -0.25) is 3.53 Å². The lowest BCUT2D eigenvalue weighted by Crippen LogP contribution is -2.45. The fraction of sp³-hybridized carbons (Fsp3) is 0.200. The van der Waals surface area contributed by atoms with Crippen LogP contribution in [0.25, 0.3) is 22.5 Å². The molecule has 3 aromatic rings. The quantitative estimate of drug-likeness (QED) is 0.126. The highest BCUT2D eigenvalue weighted by Crippen LogP contribution is 2.38. The second kappa shape index (κ2) is 9.68. The molecule has 0 fully saturated rings. The third kappa shape index (κ3) is 5.19. The van der Waals surface area contributed by atoms with Crippen molar-refractivity contribution >= 4 is 48.7 Å². The number of nitrogens with two attached hydrogens (primary N) is 3. The number of nitrogens with one attached hydrogen (secondary N) is 3. The number of aromatic amines is 1. The number of aromatic nitrogens is 5. The normalized spacial score (nSPS) is 13.2. The van der Waals surface area contributed by atoms with Crippen molar-refractivity contribution in [1.29, 1.82) is 0 Å². The van der Waals surface area contributed by atoms with Gasteiger partial charge in [-0.25, -0.2) is 31.7 Å². The smallest absolute Gasteiger partial charge is 0.242 e.